The largest absolute Gasteiger partial charge is 0.313 e. The number of hydrogen-bond acceptors (Lipinski definition) is 3. The minimum Gasteiger partial charge on any atom is -0.313 e. The highest BCUT2D eigenvalue weighted by Gasteiger charge is 2.40. The van der Waals surface area contributed by atoms with Gasteiger partial charge < -0.3 is 10.1 Å². The number of fused-ring (bicyclic) bond motifs is 1. The number of anilines is 1. The van der Waals surface area contributed by atoms with Crippen LogP contribution in [0.1, 0.15) is 37.0 Å². The van der Waals surface area contributed by atoms with Crippen molar-refractivity contribution in [3.63, 3.8) is 0 Å². The van der Waals surface area contributed by atoms with Crippen molar-refractivity contribution >= 4 is 11.6 Å². The summed E-state index contributed by atoms with van der Waals surface area (Å²) in [5, 5.41) is 11.3. The lowest BCUT2D eigenvalue weighted by Crippen LogP contribution is -2.48. The SMILES string of the molecule is CC(=O)N1CCC(C)(N(C)O)c2ccc(C)c(C)c21. The molecule has 0 fully saturated rings. The molecule has 1 aliphatic heterocycles. The summed E-state index contributed by atoms with van der Waals surface area (Å²) < 4.78 is 0. The highest BCUT2D eigenvalue weighted by atomic mass is 16.5. The van der Waals surface area contributed by atoms with Gasteiger partial charge >= 0.3 is 0 Å². The molecule has 1 N–H and O–H groups in total. The first kappa shape index (κ1) is 14.0. The van der Waals surface area contributed by atoms with Gasteiger partial charge in [-0.2, -0.15) is 5.06 Å². The second-order valence-corrected chi connectivity index (χ2v) is 5.62. The average Bonchev–Trinajstić information content (AvgIpc) is 2.33. The van der Waals surface area contributed by atoms with Gasteiger partial charge in [-0.05, 0) is 43.9 Å². The predicted molar refractivity (Wildman–Crippen MR) is 75.5 cm³/mol. The van der Waals surface area contributed by atoms with Crippen molar-refractivity contribution < 1.29 is 10.0 Å². The van der Waals surface area contributed by atoms with Gasteiger partial charge in [-0.25, -0.2) is 0 Å². The zero-order chi connectivity index (χ0) is 14.4. The maximum atomic E-state index is 11.9. The molecule has 1 amide bonds. The summed E-state index contributed by atoms with van der Waals surface area (Å²) in [6.45, 7) is 8.32. The van der Waals surface area contributed by atoms with Crippen LogP contribution in [-0.2, 0) is 10.3 Å². The molecule has 1 atom stereocenters. The molecule has 4 nitrogen and oxygen atoms in total. The van der Waals surface area contributed by atoms with Crippen LogP contribution in [0.4, 0.5) is 5.69 Å². The molecule has 2 rings (SSSR count). The van der Waals surface area contributed by atoms with Crippen LogP contribution in [0.15, 0.2) is 12.1 Å². The molecule has 0 saturated heterocycles. The number of rotatable bonds is 1. The monoisotopic (exact) mass is 262 g/mol. The van der Waals surface area contributed by atoms with Crippen molar-refractivity contribution in [3.8, 4) is 0 Å². The van der Waals surface area contributed by atoms with Gasteiger partial charge in [0.15, 0.2) is 0 Å². The quantitative estimate of drug-likeness (QED) is 0.791. The molecule has 0 spiro atoms. The van der Waals surface area contributed by atoms with Crippen LogP contribution < -0.4 is 4.90 Å². The Morgan fingerprint density at radius 3 is 2.58 bits per heavy atom. The third kappa shape index (κ3) is 2.05. The van der Waals surface area contributed by atoms with E-state index in [1.54, 1.807) is 14.0 Å². The standard InChI is InChI=1S/C15H22N2O2/c1-10-6-7-13-14(11(10)2)17(12(3)18)9-8-15(13,4)16(5)19/h6-7,19H,8-9H2,1-5H3. The van der Waals surface area contributed by atoms with Gasteiger partial charge in [0.05, 0.1) is 11.2 Å². The van der Waals surface area contributed by atoms with Gasteiger partial charge in [-0.3, -0.25) is 4.79 Å². The number of carbonyl (C=O) groups excluding carboxylic acids is 1. The lowest BCUT2D eigenvalue weighted by atomic mass is 9.81. The van der Waals surface area contributed by atoms with Crippen LogP contribution in [0, 0.1) is 13.8 Å². The van der Waals surface area contributed by atoms with Crippen LogP contribution in [0.25, 0.3) is 0 Å². The lowest BCUT2D eigenvalue weighted by Gasteiger charge is -2.44. The minimum atomic E-state index is -0.445. The fourth-order valence-corrected chi connectivity index (χ4v) is 2.81. The van der Waals surface area contributed by atoms with E-state index < -0.39 is 5.54 Å². The maximum absolute atomic E-state index is 11.9. The third-order valence-electron chi connectivity index (χ3n) is 4.47. The molecule has 0 aromatic heterocycles. The van der Waals surface area contributed by atoms with Crippen molar-refractivity contribution in [3.05, 3.63) is 28.8 Å². The number of hydrogen-bond donors (Lipinski definition) is 1. The Morgan fingerprint density at radius 2 is 2.05 bits per heavy atom. The van der Waals surface area contributed by atoms with Crippen molar-refractivity contribution in [2.75, 3.05) is 18.5 Å². The highest BCUT2D eigenvalue weighted by molar-refractivity contribution is 5.94. The van der Waals surface area contributed by atoms with E-state index in [0.717, 1.165) is 28.8 Å². The summed E-state index contributed by atoms with van der Waals surface area (Å²) >= 11 is 0. The topological polar surface area (TPSA) is 43.8 Å². The van der Waals surface area contributed by atoms with E-state index in [0.29, 0.717) is 6.54 Å². The van der Waals surface area contributed by atoms with Gasteiger partial charge in [0, 0.05) is 20.5 Å². The summed E-state index contributed by atoms with van der Waals surface area (Å²) in [7, 11) is 1.67. The van der Waals surface area contributed by atoms with Gasteiger partial charge in [0.25, 0.3) is 0 Å². The second kappa shape index (κ2) is 4.62. The lowest BCUT2D eigenvalue weighted by molar-refractivity contribution is -0.154. The fraction of sp³-hybridized carbons (Fsp3) is 0.533. The zero-order valence-corrected chi connectivity index (χ0v) is 12.3. The first-order valence-corrected chi connectivity index (χ1v) is 6.60. The first-order chi connectivity index (χ1) is 8.79. The number of carbonyl (C=O) groups is 1. The van der Waals surface area contributed by atoms with Gasteiger partial charge in [0.2, 0.25) is 5.91 Å². The van der Waals surface area contributed by atoms with Crippen LogP contribution >= 0.6 is 0 Å². The van der Waals surface area contributed by atoms with E-state index in [-0.39, 0.29) is 5.91 Å². The van der Waals surface area contributed by atoms with Crippen molar-refractivity contribution in [1.29, 1.82) is 0 Å². The molecular weight excluding hydrogens is 240 g/mol. The molecule has 1 aromatic carbocycles. The molecule has 0 radical (unpaired) electrons. The molecule has 1 aromatic rings. The van der Waals surface area contributed by atoms with Crippen LogP contribution in [0.3, 0.4) is 0 Å². The average molecular weight is 262 g/mol. The van der Waals surface area contributed by atoms with Crippen LogP contribution in [-0.4, -0.2) is 29.8 Å². The predicted octanol–water partition coefficient (Wildman–Crippen LogP) is 2.60. The number of hydroxylamine groups is 2. The normalized spacial score (nSPS) is 22.6. The number of nitrogens with zero attached hydrogens (tertiary/aromatic N) is 2. The first-order valence-electron chi connectivity index (χ1n) is 6.60. The Morgan fingerprint density at radius 1 is 1.42 bits per heavy atom. The van der Waals surface area contributed by atoms with E-state index in [9.17, 15) is 10.0 Å². The van der Waals surface area contributed by atoms with E-state index in [4.69, 9.17) is 0 Å². The molecular formula is C15H22N2O2. The van der Waals surface area contributed by atoms with Crippen molar-refractivity contribution in [1.82, 2.24) is 5.06 Å². The number of amides is 1. The molecule has 1 aliphatic rings. The van der Waals surface area contributed by atoms with E-state index in [2.05, 4.69) is 6.07 Å². The summed E-state index contributed by atoms with van der Waals surface area (Å²) in [4.78, 5) is 13.7. The van der Waals surface area contributed by atoms with Gasteiger partial charge in [-0.1, -0.05) is 12.1 Å². The van der Waals surface area contributed by atoms with Crippen LogP contribution in [0.5, 0.6) is 0 Å². The smallest absolute Gasteiger partial charge is 0.223 e. The summed E-state index contributed by atoms with van der Waals surface area (Å²) in [5.41, 5.74) is 3.80. The molecule has 1 heterocycles. The molecule has 104 valence electrons. The summed E-state index contributed by atoms with van der Waals surface area (Å²) in [6.07, 6.45) is 0.717. The summed E-state index contributed by atoms with van der Waals surface area (Å²) in [6, 6.07) is 4.08. The Bertz CT molecular complexity index is 525. The summed E-state index contributed by atoms with van der Waals surface area (Å²) in [5.74, 6) is 0.0533. The molecule has 0 saturated carbocycles. The van der Waals surface area contributed by atoms with Crippen molar-refractivity contribution in [2.24, 2.45) is 0 Å². The van der Waals surface area contributed by atoms with Gasteiger partial charge in [0.1, 0.15) is 0 Å². The molecule has 0 aliphatic carbocycles. The fourth-order valence-electron chi connectivity index (χ4n) is 2.81. The number of benzene rings is 1. The Balaban J connectivity index is 2.70. The minimum absolute atomic E-state index is 0.0533. The van der Waals surface area contributed by atoms with Crippen LogP contribution in [0.2, 0.25) is 0 Å². The molecule has 4 heteroatoms. The van der Waals surface area contributed by atoms with E-state index in [1.165, 1.54) is 5.06 Å². The third-order valence-corrected chi connectivity index (χ3v) is 4.47. The van der Waals surface area contributed by atoms with Crippen molar-refractivity contribution in [2.45, 2.75) is 39.7 Å². The Hall–Kier alpha value is -1.39. The molecule has 0 bridgehead atoms. The van der Waals surface area contributed by atoms with E-state index >= 15 is 0 Å². The molecule has 19 heavy (non-hydrogen) atoms. The number of aryl methyl sites for hydroxylation is 1. The maximum Gasteiger partial charge on any atom is 0.223 e. The Kier molecular flexibility index (Phi) is 3.41. The van der Waals surface area contributed by atoms with E-state index in [1.807, 2.05) is 31.7 Å². The van der Waals surface area contributed by atoms with Gasteiger partial charge in [-0.15, -0.1) is 0 Å². The Labute approximate surface area is 114 Å². The highest BCUT2D eigenvalue weighted by Crippen LogP contribution is 2.43. The second-order valence-electron chi connectivity index (χ2n) is 5.62. The molecule has 1 unspecified atom stereocenters. The zero-order valence-electron chi connectivity index (χ0n) is 12.3.